The van der Waals surface area contributed by atoms with Crippen LogP contribution in [0.4, 0.5) is 0 Å². The summed E-state index contributed by atoms with van der Waals surface area (Å²) in [7, 11) is -3.47. The first-order valence-corrected chi connectivity index (χ1v) is 10.6. The van der Waals surface area contributed by atoms with Crippen molar-refractivity contribution in [3.8, 4) is 0 Å². The lowest BCUT2D eigenvalue weighted by molar-refractivity contribution is 0.179. The van der Waals surface area contributed by atoms with Gasteiger partial charge in [0.15, 0.2) is 0 Å². The van der Waals surface area contributed by atoms with Crippen molar-refractivity contribution in [3.05, 3.63) is 48.3 Å². The van der Waals surface area contributed by atoms with Gasteiger partial charge >= 0.3 is 0 Å². The van der Waals surface area contributed by atoms with Gasteiger partial charge in [-0.3, -0.25) is 9.58 Å². The average Bonchev–Trinajstić information content (AvgIpc) is 3.34. The van der Waals surface area contributed by atoms with E-state index in [1.54, 1.807) is 15.2 Å². The summed E-state index contributed by atoms with van der Waals surface area (Å²) in [6, 6.07) is 10.2. The summed E-state index contributed by atoms with van der Waals surface area (Å²) >= 11 is 0. The third-order valence-electron chi connectivity index (χ3n) is 5.23. The zero-order valence-corrected chi connectivity index (χ0v) is 16.8. The number of hydrogen-bond acceptors (Lipinski definition) is 5. The van der Waals surface area contributed by atoms with Gasteiger partial charge in [0, 0.05) is 51.5 Å². The second-order valence-electron chi connectivity index (χ2n) is 6.95. The van der Waals surface area contributed by atoms with E-state index >= 15 is 0 Å². The minimum absolute atomic E-state index is 0. The SMILES string of the molecule is Cl.O=S(=O)(c1cnn(Cc2ccccc2)c1)N1CCC(N2CCNCC2)C1. The van der Waals surface area contributed by atoms with Crippen molar-refractivity contribution in [2.45, 2.75) is 23.9 Å². The molecule has 2 fully saturated rings. The Labute approximate surface area is 166 Å². The maximum atomic E-state index is 13.0. The Morgan fingerprint density at radius 3 is 2.59 bits per heavy atom. The molecule has 2 aromatic rings. The van der Waals surface area contributed by atoms with Gasteiger partial charge in [-0.25, -0.2) is 8.42 Å². The number of hydrogen-bond donors (Lipinski definition) is 1. The van der Waals surface area contributed by atoms with Crippen molar-refractivity contribution in [1.82, 2.24) is 24.3 Å². The van der Waals surface area contributed by atoms with Crippen molar-refractivity contribution in [1.29, 1.82) is 0 Å². The molecular formula is C18H26ClN5O2S. The second kappa shape index (κ2) is 8.70. The highest BCUT2D eigenvalue weighted by Crippen LogP contribution is 2.23. The molecule has 0 aliphatic carbocycles. The monoisotopic (exact) mass is 411 g/mol. The molecular weight excluding hydrogens is 386 g/mol. The zero-order chi connectivity index (χ0) is 18.0. The smallest absolute Gasteiger partial charge is 0.246 e. The summed E-state index contributed by atoms with van der Waals surface area (Å²) in [5.41, 5.74) is 1.10. The Morgan fingerprint density at radius 1 is 1.11 bits per heavy atom. The molecule has 2 saturated heterocycles. The number of sulfonamides is 1. The van der Waals surface area contributed by atoms with Crippen LogP contribution in [-0.2, 0) is 16.6 Å². The van der Waals surface area contributed by atoms with E-state index in [2.05, 4.69) is 15.3 Å². The van der Waals surface area contributed by atoms with Crippen LogP contribution in [0.1, 0.15) is 12.0 Å². The fourth-order valence-corrected chi connectivity index (χ4v) is 5.21. The maximum absolute atomic E-state index is 13.0. The third kappa shape index (κ3) is 4.52. The summed E-state index contributed by atoms with van der Waals surface area (Å²) in [5, 5.41) is 7.59. The molecule has 1 N–H and O–H groups in total. The normalized spacial score (nSPS) is 21.9. The number of nitrogens with one attached hydrogen (secondary N) is 1. The Morgan fingerprint density at radius 2 is 1.85 bits per heavy atom. The van der Waals surface area contributed by atoms with E-state index in [0.29, 0.717) is 25.7 Å². The first-order valence-electron chi connectivity index (χ1n) is 9.14. The molecule has 27 heavy (non-hydrogen) atoms. The summed E-state index contributed by atoms with van der Waals surface area (Å²) in [4.78, 5) is 2.69. The zero-order valence-electron chi connectivity index (χ0n) is 15.2. The van der Waals surface area contributed by atoms with Crippen LogP contribution in [0.15, 0.2) is 47.6 Å². The molecule has 0 saturated carbocycles. The van der Waals surface area contributed by atoms with Crippen molar-refractivity contribution >= 4 is 22.4 Å². The lowest BCUT2D eigenvalue weighted by Gasteiger charge is -2.32. The molecule has 0 spiro atoms. The van der Waals surface area contributed by atoms with E-state index in [1.807, 2.05) is 30.3 Å². The molecule has 2 aliphatic heterocycles. The number of piperazine rings is 1. The maximum Gasteiger partial charge on any atom is 0.246 e. The highest BCUT2D eigenvalue weighted by Gasteiger charge is 2.36. The van der Waals surface area contributed by atoms with Gasteiger partial charge in [-0.15, -0.1) is 12.4 Å². The van der Waals surface area contributed by atoms with E-state index in [-0.39, 0.29) is 17.3 Å². The molecule has 2 aliphatic rings. The third-order valence-corrected chi connectivity index (χ3v) is 7.05. The largest absolute Gasteiger partial charge is 0.314 e. The predicted molar refractivity (Wildman–Crippen MR) is 107 cm³/mol. The summed E-state index contributed by atoms with van der Waals surface area (Å²) in [6.07, 6.45) is 4.01. The van der Waals surface area contributed by atoms with E-state index < -0.39 is 10.0 Å². The van der Waals surface area contributed by atoms with Crippen LogP contribution in [0, 0.1) is 0 Å². The molecule has 0 radical (unpaired) electrons. The number of aromatic nitrogens is 2. The number of nitrogens with zero attached hydrogens (tertiary/aromatic N) is 4. The van der Waals surface area contributed by atoms with Crippen LogP contribution in [0.5, 0.6) is 0 Å². The molecule has 1 aromatic heterocycles. The average molecular weight is 412 g/mol. The Hall–Kier alpha value is -1.45. The van der Waals surface area contributed by atoms with Crippen molar-refractivity contribution in [2.24, 2.45) is 0 Å². The molecule has 4 rings (SSSR count). The fourth-order valence-electron chi connectivity index (χ4n) is 3.76. The van der Waals surface area contributed by atoms with Gasteiger partial charge in [0.2, 0.25) is 10.0 Å². The molecule has 148 valence electrons. The minimum atomic E-state index is -3.47. The summed E-state index contributed by atoms with van der Waals surface area (Å²) in [6.45, 7) is 5.68. The van der Waals surface area contributed by atoms with Crippen LogP contribution in [0.25, 0.3) is 0 Å². The van der Waals surface area contributed by atoms with E-state index in [0.717, 1.165) is 38.2 Å². The van der Waals surface area contributed by atoms with Crippen LogP contribution in [0.2, 0.25) is 0 Å². The van der Waals surface area contributed by atoms with Gasteiger partial charge in [-0.05, 0) is 12.0 Å². The standard InChI is InChI=1S/C18H25N5O2S.ClH/c24-26(25,23-9-6-17(14-23)21-10-7-19-8-11-21)18-12-20-22(15-18)13-16-4-2-1-3-5-16;/h1-5,12,15,17,19H,6-11,13-14H2;1H. The van der Waals surface area contributed by atoms with Gasteiger partial charge in [-0.1, -0.05) is 30.3 Å². The van der Waals surface area contributed by atoms with Crippen molar-refractivity contribution < 1.29 is 8.42 Å². The van der Waals surface area contributed by atoms with Crippen LogP contribution >= 0.6 is 12.4 Å². The number of benzene rings is 1. The van der Waals surface area contributed by atoms with Gasteiger partial charge in [0.05, 0.1) is 12.7 Å². The van der Waals surface area contributed by atoms with Gasteiger partial charge < -0.3 is 5.32 Å². The first-order chi connectivity index (χ1) is 12.6. The number of halogens is 1. The van der Waals surface area contributed by atoms with E-state index in [4.69, 9.17) is 0 Å². The lowest BCUT2D eigenvalue weighted by Crippen LogP contribution is -2.49. The molecule has 1 unspecified atom stereocenters. The summed E-state index contributed by atoms with van der Waals surface area (Å²) < 4.78 is 29.2. The second-order valence-corrected chi connectivity index (χ2v) is 8.89. The van der Waals surface area contributed by atoms with Gasteiger partial charge in [-0.2, -0.15) is 9.40 Å². The van der Waals surface area contributed by atoms with E-state index in [9.17, 15) is 8.42 Å². The molecule has 0 bridgehead atoms. The Balaban J connectivity index is 0.00000210. The Kier molecular flexibility index (Phi) is 6.54. The molecule has 9 heteroatoms. The first kappa shape index (κ1) is 20.3. The lowest BCUT2D eigenvalue weighted by atomic mass is 10.2. The highest BCUT2D eigenvalue weighted by atomic mass is 35.5. The highest BCUT2D eigenvalue weighted by molar-refractivity contribution is 7.89. The molecule has 3 heterocycles. The van der Waals surface area contributed by atoms with Crippen LogP contribution in [0.3, 0.4) is 0 Å². The summed E-state index contributed by atoms with van der Waals surface area (Å²) in [5.74, 6) is 0. The molecule has 1 aromatic carbocycles. The van der Waals surface area contributed by atoms with Gasteiger partial charge in [0.25, 0.3) is 0 Å². The molecule has 0 amide bonds. The fraction of sp³-hybridized carbons (Fsp3) is 0.500. The number of rotatable bonds is 5. The van der Waals surface area contributed by atoms with Crippen LogP contribution in [-0.4, -0.2) is 72.7 Å². The van der Waals surface area contributed by atoms with Gasteiger partial charge in [0.1, 0.15) is 4.90 Å². The van der Waals surface area contributed by atoms with E-state index in [1.165, 1.54) is 6.20 Å². The molecule has 7 nitrogen and oxygen atoms in total. The Bertz CT molecular complexity index is 836. The van der Waals surface area contributed by atoms with Crippen molar-refractivity contribution in [3.63, 3.8) is 0 Å². The minimum Gasteiger partial charge on any atom is -0.314 e. The molecule has 1 atom stereocenters. The topological polar surface area (TPSA) is 70.5 Å². The predicted octanol–water partition coefficient (Wildman–Crippen LogP) is 1.02. The van der Waals surface area contributed by atoms with Crippen LogP contribution < -0.4 is 5.32 Å². The van der Waals surface area contributed by atoms with Crippen molar-refractivity contribution in [2.75, 3.05) is 39.3 Å². The quantitative estimate of drug-likeness (QED) is 0.795.